The van der Waals surface area contributed by atoms with E-state index in [4.69, 9.17) is 0 Å². The number of benzene rings is 1. The quantitative estimate of drug-likeness (QED) is 0.717. The minimum absolute atomic E-state index is 0.992. The molecule has 84 valence electrons. The van der Waals surface area contributed by atoms with Crippen molar-refractivity contribution in [3.63, 3.8) is 0 Å². The molecule has 2 heterocycles. The van der Waals surface area contributed by atoms with Gasteiger partial charge >= 0.3 is 0 Å². The Morgan fingerprint density at radius 3 is 2.76 bits per heavy atom. The molecule has 0 atom stereocenters. The molecule has 1 N–H and O–H groups in total. The van der Waals surface area contributed by atoms with Gasteiger partial charge in [0, 0.05) is 16.6 Å². The number of rotatable bonds is 2. The number of thiophene rings is 1. The zero-order valence-corrected chi connectivity index (χ0v) is 10.3. The Kier molecular flexibility index (Phi) is 2.53. The van der Waals surface area contributed by atoms with Crippen LogP contribution in [0.15, 0.2) is 48.0 Å². The number of hydrogen-bond acceptors (Lipinski definition) is 2. The van der Waals surface area contributed by atoms with Crippen molar-refractivity contribution in [2.75, 3.05) is 0 Å². The molecule has 0 amide bonds. The SMILES string of the molecule is Cc1cc(-c2cc[nH]n2)ccc1-c1cccs1. The van der Waals surface area contributed by atoms with E-state index in [9.17, 15) is 0 Å². The number of aromatic amines is 1. The van der Waals surface area contributed by atoms with Gasteiger partial charge in [0.25, 0.3) is 0 Å². The van der Waals surface area contributed by atoms with E-state index in [0.29, 0.717) is 0 Å². The van der Waals surface area contributed by atoms with Crippen LogP contribution in [0.2, 0.25) is 0 Å². The zero-order chi connectivity index (χ0) is 11.7. The normalized spacial score (nSPS) is 10.6. The maximum Gasteiger partial charge on any atom is 0.0920 e. The molecule has 0 aliphatic rings. The fourth-order valence-electron chi connectivity index (χ4n) is 1.95. The molecule has 0 bridgehead atoms. The predicted octanol–water partition coefficient (Wildman–Crippen LogP) is 4.11. The number of aryl methyl sites for hydroxylation is 1. The first-order valence-electron chi connectivity index (χ1n) is 5.49. The van der Waals surface area contributed by atoms with Gasteiger partial charge in [-0.1, -0.05) is 18.2 Å². The molecule has 3 heteroatoms. The summed E-state index contributed by atoms with van der Waals surface area (Å²) < 4.78 is 0. The molecule has 17 heavy (non-hydrogen) atoms. The minimum Gasteiger partial charge on any atom is -0.285 e. The summed E-state index contributed by atoms with van der Waals surface area (Å²) in [5.41, 5.74) is 4.74. The fourth-order valence-corrected chi connectivity index (χ4v) is 2.77. The van der Waals surface area contributed by atoms with Gasteiger partial charge in [-0.05, 0) is 41.6 Å². The first kappa shape index (κ1) is 10.3. The molecule has 0 aliphatic carbocycles. The van der Waals surface area contributed by atoms with Crippen molar-refractivity contribution in [2.45, 2.75) is 6.92 Å². The monoisotopic (exact) mass is 240 g/mol. The Morgan fingerprint density at radius 2 is 2.12 bits per heavy atom. The largest absolute Gasteiger partial charge is 0.285 e. The zero-order valence-electron chi connectivity index (χ0n) is 9.47. The maximum absolute atomic E-state index is 4.20. The van der Waals surface area contributed by atoms with E-state index in [-0.39, 0.29) is 0 Å². The highest BCUT2D eigenvalue weighted by molar-refractivity contribution is 7.13. The standard InChI is InChI=1S/C14H12N2S/c1-10-9-11(13-6-7-15-16-13)4-5-12(10)14-3-2-8-17-14/h2-9H,1H3,(H,15,16). The molecule has 2 aromatic heterocycles. The Balaban J connectivity index is 2.06. The molecule has 0 saturated carbocycles. The molecule has 1 aromatic carbocycles. The van der Waals surface area contributed by atoms with E-state index < -0.39 is 0 Å². The predicted molar refractivity (Wildman–Crippen MR) is 72.1 cm³/mol. The fraction of sp³-hybridized carbons (Fsp3) is 0.0714. The van der Waals surface area contributed by atoms with Crippen molar-refractivity contribution in [3.8, 4) is 21.7 Å². The third-order valence-electron chi connectivity index (χ3n) is 2.81. The van der Waals surface area contributed by atoms with E-state index in [1.54, 1.807) is 11.3 Å². The van der Waals surface area contributed by atoms with Gasteiger partial charge in [-0.15, -0.1) is 11.3 Å². The summed E-state index contributed by atoms with van der Waals surface area (Å²) in [4.78, 5) is 1.32. The molecule has 3 rings (SSSR count). The van der Waals surface area contributed by atoms with Gasteiger partial charge in [0.05, 0.1) is 5.69 Å². The van der Waals surface area contributed by atoms with Crippen molar-refractivity contribution in [2.24, 2.45) is 0 Å². The summed E-state index contributed by atoms with van der Waals surface area (Å²) in [6, 6.07) is 12.7. The summed E-state index contributed by atoms with van der Waals surface area (Å²) >= 11 is 1.77. The van der Waals surface area contributed by atoms with Gasteiger partial charge in [-0.2, -0.15) is 5.10 Å². The van der Waals surface area contributed by atoms with Crippen LogP contribution in [-0.4, -0.2) is 10.2 Å². The number of aromatic nitrogens is 2. The van der Waals surface area contributed by atoms with E-state index in [0.717, 1.165) is 11.3 Å². The number of nitrogens with one attached hydrogen (secondary N) is 1. The lowest BCUT2D eigenvalue weighted by Gasteiger charge is -2.05. The van der Waals surface area contributed by atoms with Crippen LogP contribution in [0.3, 0.4) is 0 Å². The maximum atomic E-state index is 4.20. The van der Waals surface area contributed by atoms with Crippen molar-refractivity contribution in [1.29, 1.82) is 0 Å². The number of H-pyrrole nitrogens is 1. The van der Waals surface area contributed by atoms with Gasteiger partial charge in [-0.3, -0.25) is 5.10 Å². The lowest BCUT2D eigenvalue weighted by atomic mass is 10.0. The highest BCUT2D eigenvalue weighted by Crippen LogP contribution is 2.30. The van der Waals surface area contributed by atoms with Crippen LogP contribution in [-0.2, 0) is 0 Å². The highest BCUT2D eigenvalue weighted by atomic mass is 32.1. The Hall–Kier alpha value is -1.87. The van der Waals surface area contributed by atoms with Crippen LogP contribution in [0.4, 0.5) is 0 Å². The Labute approximate surface area is 104 Å². The van der Waals surface area contributed by atoms with Gasteiger partial charge in [0.15, 0.2) is 0 Å². The first-order chi connectivity index (χ1) is 8.34. The molecule has 0 saturated heterocycles. The summed E-state index contributed by atoms with van der Waals surface area (Å²) in [5, 5.41) is 9.15. The summed E-state index contributed by atoms with van der Waals surface area (Å²) in [7, 11) is 0. The van der Waals surface area contributed by atoms with Crippen molar-refractivity contribution in [3.05, 3.63) is 53.5 Å². The van der Waals surface area contributed by atoms with Gasteiger partial charge in [0.1, 0.15) is 0 Å². The lowest BCUT2D eigenvalue weighted by molar-refractivity contribution is 1.09. The third-order valence-corrected chi connectivity index (χ3v) is 3.71. The van der Waals surface area contributed by atoms with Crippen LogP contribution in [0.25, 0.3) is 21.7 Å². The van der Waals surface area contributed by atoms with Crippen LogP contribution >= 0.6 is 11.3 Å². The van der Waals surface area contributed by atoms with Gasteiger partial charge in [0.2, 0.25) is 0 Å². The van der Waals surface area contributed by atoms with Crippen molar-refractivity contribution < 1.29 is 0 Å². The smallest absolute Gasteiger partial charge is 0.0920 e. The average molecular weight is 240 g/mol. The van der Waals surface area contributed by atoms with Crippen LogP contribution < -0.4 is 0 Å². The Bertz CT molecular complexity index is 610. The average Bonchev–Trinajstić information content (AvgIpc) is 3.02. The molecule has 0 spiro atoms. The molecule has 2 nitrogen and oxygen atoms in total. The summed E-state index contributed by atoms with van der Waals surface area (Å²) in [5.74, 6) is 0. The van der Waals surface area contributed by atoms with E-state index in [1.807, 2.05) is 12.3 Å². The number of nitrogens with zero attached hydrogens (tertiary/aromatic N) is 1. The third kappa shape index (κ3) is 1.89. The van der Waals surface area contributed by atoms with Gasteiger partial charge < -0.3 is 0 Å². The van der Waals surface area contributed by atoms with E-state index in [2.05, 4.69) is 52.8 Å². The molecular formula is C14H12N2S. The second kappa shape index (κ2) is 4.18. The molecule has 3 aromatic rings. The van der Waals surface area contributed by atoms with E-state index in [1.165, 1.54) is 16.0 Å². The second-order valence-corrected chi connectivity index (χ2v) is 4.91. The van der Waals surface area contributed by atoms with E-state index >= 15 is 0 Å². The minimum atomic E-state index is 0.992. The molecular weight excluding hydrogens is 228 g/mol. The van der Waals surface area contributed by atoms with Crippen LogP contribution in [0.5, 0.6) is 0 Å². The van der Waals surface area contributed by atoms with Gasteiger partial charge in [-0.25, -0.2) is 0 Å². The van der Waals surface area contributed by atoms with Crippen LogP contribution in [0, 0.1) is 6.92 Å². The second-order valence-electron chi connectivity index (χ2n) is 3.97. The summed E-state index contributed by atoms with van der Waals surface area (Å²) in [6.07, 6.45) is 1.85. The molecule has 0 fully saturated rings. The summed E-state index contributed by atoms with van der Waals surface area (Å²) in [6.45, 7) is 2.14. The number of hydrogen-bond donors (Lipinski definition) is 1. The van der Waals surface area contributed by atoms with Crippen LogP contribution in [0.1, 0.15) is 5.56 Å². The lowest BCUT2D eigenvalue weighted by Crippen LogP contribution is -1.84. The Morgan fingerprint density at radius 1 is 1.18 bits per heavy atom. The first-order valence-corrected chi connectivity index (χ1v) is 6.37. The topological polar surface area (TPSA) is 28.7 Å². The molecule has 0 radical (unpaired) electrons. The molecule has 0 aliphatic heterocycles. The highest BCUT2D eigenvalue weighted by Gasteiger charge is 2.05. The van der Waals surface area contributed by atoms with Crippen molar-refractivity contribution >= 4 is 11.3 Å². The molecule has 0 unspecified atom stereocenters. The van der Waals surface area contributed by atoms with Crippen molar-refractivity contribution in [1.82, 2.24) is 10.2 Å².